The van der Waals surface area contributed by atoms with Crippen LogP contribution >= 0.6 is 0 Å². The lowest BCUT2D eigenvalue weighted by molar-refractivity contribution is 0.0686. The van der Waals surface area contributed by atoms with Gasteiger partial charge in [0.25, 0.3) is 0 Å². The largest absolute Gasteiger partial charge is 0.478 e. The van der Waals surface area contributed by atoms with Gasteiger partial charge in [-0.05, 0) is 206 Å². The molecule has 12 nitrogen and oxygen atoms in total. The van der Waals surface area contributed by atoms with Crippen LogP contribution in [0.2, 0.25) is 0 Å². The van der Waals surface area contributed by atoms with E-state index in [1.54, 1.807) is 146 Å². The second-order valence-electron chi connectivity index (χ2n) is 23.0. The Balaban J connectivity index is 1.16. The van der Waals surface area contributed by atoms with Crippen molar-refractivity contribution >= 4 is 35.8 Å². The molecule has 0 aromatic heterocycles. The molecule has 0 fully saturated rings. The summed E-state index contributed by atoms with van der Waals surface area (Å²) in [5.74, 6) is -6.27. The highest BCUT2D eigenvalue weighted by molar-refractivity contribution is 6.16. The second-order valence-corrected chi connectivity index (χ2v) is 23.0. The Kier molecular flexibility index (Phi) is 16.7. The van der Waals surface area contributed by atoms with Crippen LogP contribution in [-0.2, 0) is 0 Å². The van der Waals surface area contributed by atoms with E-state index in [1.807, 2.05) is 72.8 Å². The summed E-state index contributed by atoms with van der Waals surface area (Å²) in [7, 11) is 0. The van der Waals surface area contributed by atoms with Gasteiger partial charge in [-0.3, -0.25) is 0 Å². The van der Waals surface area contributed by atoms with Gasteiger partial charge in [0, 0.05) is 0 Å². The Labute approximate surface area is 550 Å². The fourth-order valence-corrected chi connectivity index (χ4v) is 12.3. The first-order chi connectivity index (χ1) is 46.5. The summed E-state index contributed by atoms with van der Waals surface area (Å²) < 4.78 is 0. The molecular weight excluding hydrogens is 1200 g/mol. The van der Waals surface area contributed by atoms with Gasteiger partial charge in [-0.1, -0.05) is 218 Å². The topological polar surface area (TPSA) is 224 Å². The highest BCUT2D eigenvalue weighted by atomic mass is 16.4. The molecule has 0 heterocycles. The number of hydrogen-bond acceptors (Lipinski definition) is 6. The Morgan fingerprint density at radius 1 is 0.125 bits per heavy atom. The van der Waals surface area contributed by atoms with Crippen molar-refractivity contribution in [2.24, 2.45) is 0 Å². The van der Waals surface area contributed by atoms with Crippen LogP contribution in [0.5, 0.6) is 0 Å². The maximum Gasteiger partial charge on any atom is 0.335 e. The molecule has 0 radical (unpaired) electrons. The predicted molar refractivity (Wildman–Crippen MR) is 373 cm³/mol. The monoisotopic (exact) mass is 1250 g/mol. The Morgan fingerprint density at radius 2 is 0.198 bits per heavy atom. The summed E-state index contributed by atoms with van der Waals surface area (Å²) in [5, 5.41) is 59.0. The summed E-state index contributed by atoms with van der Waals surface area (Å²) in [6.07, 6.45) is 0. The molecule has 96 heavy (non-hydrogen) atoms. The molecule has 0 atom stereocenters. The van der Waals surface area contributed by atoms with Gasteiger partial charge in [0.15, 0.2) is 0 Å². The third-order valence-corrected chi connectivity index (χ3v) is 17.3. The van der Waals surface area contributed by atoms with Gasteiger partial charge in [0.2, 0.25) is 0 Å². The number of aromatic carboxylic acids is 6. The molecule has 0 saturated carbocycles. The van der Waals surface area contributed by atoms with Crippen molar-refractivity contribution in [3.63, 3.8) is 0 Å². The maximum atomic E-state index is 12.0. The quantitative estimate of drug-likeness (QED) is 0.0472. The molecule has 13 aromatic rings. The molecule has 6 N–H and O–H groups in total. The van der Waals surface area contributed by atoms with Crippen LogP contribution in [0.25, 0.3) is 134 Å². The lowest BCUT2D eigenvalue weighted by Gasteiger charge is -2.29. The van der Waals surface area contributed by atoms with Gasteiger partial charge in [-0.25, -0.2) is 28.8 Å². The number of benzene rings is 13. The van der Waals surface area contributed by atoms with Gasteiger partial charge < -0.3 is 30.6 Å². The van der Waals surface area contributed by atoms with Crippen molar-refractivity contribution in [1.82, 2.24) is 0 Å². The smallest absolute Gasteiger partial charge is 0.335 e. The van der Waals surface area contributed by atoms with Crippen LogP contribution in [0.1, 0.15) is 62.1 Å². The van der Waals surface area contributed by atoms with E-state index in [1.165, 1.54) is 0 Å². The SMILES string of the molecule is O=C(O)c1ccc(-c2ccc(-c3c(-c4ccc(-c5ccc(C(=O)O)cc5)cc4)c(-c4ccc(-c5ccc(C(=O)O)cc5)cc4)c(-c4ccc(-c5ccc(C(=O)O)cc5)cc4)c(-c4ccc(-c5ccc(C(=O)O)cc5)cc4)c3-c3ccc(-c4ccc(C(=O)O)cc4)cc3)cc2)cc1. The molecule has 13 aromatic carbocycles. The first-order valence-corrected chi connectivity index (χ1v) is 30.4. The van der Waals surface area contributed by atoms with Crippen molar-refractivity contribution in [1.29, 1.82) is 0 Å². The van der Waals surface area contributed by atoms with Crippen molar-refractivity contribution in [3.05, 3.63) is 325 Å². The zero-order chi connectivity index (χ0) is 66.7. The summed E-state index contributed by atoms with van der Waals surface area (Å²) >= 11 is 0. The zero-order valence-electron chi connectivity index (χ0n) is 50.8. The minimum atomic E-state index is -1.04. The van der Waals surface area contributed by atoms with E-state index in [-0.39, 0.29) is 33.4 Å². The van der Waals surface area contributed by atoms with Crippen LogP contribution in [0.15, 0.2) is 291 Å². The normalized spacial score (nSPS) is 11.0. The van der Waals surface area contributed by atoms with Gasteiger partial charge >= 0.3 is 35.8 Å². The molecule has 0 aliphatic rings. The molecule has 0 spiro atoms. The van der Waals surface area contributed by atoms with E-state index in [4.69, 9.17) is 0 Å². The summed E-state index contributed by atoms with van der Waals surface area (Å²) in [4.78, 5) is 72.1. The van der Waals surface area contributed by atoms with E-state index in [0.717, 1.165) is 134 Å². The highest BCUT2D eigenvalue weighted by Gasteiger charge is 2.30. The van der Waals surface area contributed by atoms with Gasteiger partial charge in [-0.15, -0.1) is 0 Å². The molecule has 0 bridgehead atoms. The number of carboxylic acids is 6. The number of rotatable bonds is 18. The molecular formula is C84H54O12. The molecule has 0 aliphatic carbocycles. The Bertz CT molecular complexity index is 4270. The van der Waals surface area contributed by atoms with E-state index in [2.05, 4.69) is 72.8 Å². The van der Waals surface area contributed by atoms with Gasteiger partial charge in [-0.2, -0.15) is 0 Å². The third kappa shape index (κ3) is 12.5. The molecule has 462 valence electrons. The zero-order valence-corrected chi connectivity index (χ0v) is 50.8. The van der Waals surface area contributed by atoms with Gasteiger partial charge in [0.05, 0.1) is 33.4 Å². The molecule has 0 saturated heterocycles. The number of carboxylic acid groups (broad SMARTS) is 6. The average molecular weight is 1260 g/mol. The van der Waals surface area contributed by atoms with E-state index >= 15 is 0 Å². The number of hydrogen-bond donors (Lipinski definition) is 6. The van der Waals surface area contributed by atoms with Crippen molar-refractivity contribution in [2.45, 2.75) is 0 Å². The van der Waals surface area contributed by atoms with Crippen LogP contribution < -0.4 is 0 Å². The average Bonchev–Trinajstić information content (AvgIpc) is 0.714. The lowest BCUT2D eigenvalue weighted by atomic mass is 9.73. The molecule has 13 rings (SSSR count). The third-order valence-electron chi connectivity index (χ3n) is 17.3. The standard InChI is InChI=1S/C84H54O12/c85-79(86)67-37-13-55(14-38-67)49-1-25-61(26-2-49)73-74(62-27-3-50(4-28-62)56-15-39-68(40-16-56)80(87)88)76(64-31-7-52(8-32-64)58-19-43-70(44-20-58)82(91)92)78(66-35-11-54(12-36-66)60-23-47-72(48-24-60)84(95)96)77(65-33-9-53(10-34-65)59-21-45-71(46-22-59)83(93)94)75(73)63-29-5-51(6-30-63)57-17-41-69(42-18-57)81(89)90/h1-48H,(H,85,86)(H,87,88)(H,89,90)(H,91,92)(H,93,94)(H,95,96). The van der Waals surface area contributed by atoms with Crippen LogP contribution in [0.3, 0.4) is 0 Å². The first-order valence-electron chi connectivity index (χ1n) is 30.4. The van der Waals surface area contributed by atoms with E-state index in [0.29, 0.717) is 0 Å². The molecule has 0 amide bonds. The van der Waals surface area contributed by atoms with Gasteiger partial charge in [0.1, 0.15) is 0 Å². The highest BCUT2D eigenvalue weighted by Crippen LogP contribution is 2.57. The molecule has 0 aliphatic heterocycles. The molecule has 12 heteroatoms. The summed E-state index contributed by atoms with van der Waals surface area (Å²) in [6, 6.07) is 89.0. The minimum Gasteiger partial charge on any atom is -0.478 e. The maximum absolute atomic E-state index is 12.0. The fourth-order valence-electron chi connectivity index (χ4n) is 12.3. The first kappa shape index (κ1) is 61.5. The van der Waals surface area contributed by atoms with Crippen molar-refractivity contribution in [2.75, 3.05) is 0 Å². The predicted octanol–water partition coefficient (Wildman–Crippen LogP) is 19.9. The minimum absolute atomic E-state index is 0.147. The van der Waals surface area contributed by atoms with Crippen LogP contribution in [0, 0.1) is 0 Å². The second kappa shape index (κ2) is 26.1. The number of carbonyl (C=O) groups is 6. The van der Waals surface area contributed by atoms with Crippen molar-refractivity contribution in [3.8, 4) is 134 Å². The lowest BCUT2D eigenvalue weighted by Crippen LogP contribution is -2.02. The van der Waals surface area contributed by atoms with Crippen LogP contribution in [0.4, 0.5) is 0 Å². The van der Waals surface area contributed by atoms with E-state index < -0.39 is 35.8 Å². The van der Waals surface area contributed by atoms with Crippen LogP contribution in [-0.4, -0.2) is 66.5 Å². The Hall–Kier alpha value is -13.3. The summed E-state index contributed by atoms with van der Waals surface area (Å²) in [6.45, 7) is 0. The summed E-state index contributed by atoms with van der Waals surface area (Å²) in [5.41, 5.74) is 20.2. The van der Waals surface area contributed by atoms with E-state index in [9.17, 15) is 59.4 Å². The van der Waals surface area contributed by atoms with Crippen molar-refractivity contribution < 1.29 is 59.4 Å². The molecule has 0 unspecified atom stereocenters. The Morgan fingerprint density at radius 3 is 0.281 bits per heavy atom. The fraction of sp³-hybridized carbons (Fsp3) is 0.